The van der Waals surface area contributed by atoms with E-state index in [4.69, 9.17) is 0 Å². The van der Waals surface area contributed by atoms with Crippen molar-refractivity contribution in [3.05, 3.63) is 12.3 Å². The second-order valence-corrected chi connectivity index (χ2v) is 3.74. The third-order valence-electron chi connectivity index (χ3n) is 3.04. The van der Waals surface area contributed by atoms with Gasteiger partial charge >= 0.3 is 0 Å². The smallest absolute Gasteiger partial charge is 0.0394 e. The monoisotopic (exact) mass is 150 g/mol. The van der Waals surface area contributed by atoms with Crippen LogP contribution in [0.25, 0.3) is 0 Å². The van der Waals surface area contributed by atoms with E-state index in [1.165, 1.54) is 32.1 Å². The van der Waals surface area contributed by atoms with Crippen LogP contribution in [0.4, 0.5) is 0 Å². The fourth-order valence-corrected chi connectivity index (χ4v) is 2.34. The van der Waals surface area contributed by atoms with E-state index >= 15 is 0 Å². The summed E-state index contributed by atoms with van der Waals surface area (Å²) in [7, 11) is 0. The van der Waals surface area contributed by atoms with Crippen molar-refractivity contribution >= 4 is 0 Å². The number of hydrogen-bond acceptors (Lipinski definition) is 0. The predicted octanol–water partition coefficient (Wildman–Crippen LogP) is 2.31. The van der Waals surface area contributed by atoms with E-state index < -0.39 is 0 Å². The highest BCUT2D eigenvalue weighted by atomic mass is 14.8. The SMILES string of the molecule is C1=CC(C2CCCC2)CC[N]1. The largest absolute Gasteiger partial charge is 0.293 e. The molecule has 0 aromatic carbocycles. The molecular formula is C10H16N. The molecule has 1 heteroatoms. The lowest BCUT2D eigenvalue weighted by atomic mass is 9.87. The van der Waals surface area contributed by atoms with E-state index in [-0.39, 0.29) is 0 Å². The summed E-state index contributed by atoms with van der Waals surface area (Å²) in [5, 5.41) is 4.22. The Bertz CT molecular complexity index is 145. The lowest BCUT2D eigenvalue weighted by Gasteiger charge is -2.22. The lowest BCUT2D eigenvalue weighted by molar-refractivity contribution is 0.368. The Labute approximate surface area is 68.9 Å². The molecule has 0 amide bonds. The van der Waals surface area contributed by atoms with Gasteiger partial charge in [-0.2, -0.15) is 0 Å². The molecule has 1 nitrogen and oxygen atoms in total. The van der Waals surface area contributed by atoms with Crippen LogP contribution in [-0.2, 0) is 0 Å². The van der Waals surface area contributed by atoms with Gasteiger partial charge in [-0.1, -0.05) is 18.9 Å². The van der Waals surface area contributed by atoms with Crippen LogP contribution in [-0.4, -0.2) is 6.54 Å². The molecule has 0 aromatic heterocycles. The summed E-state index contributed by atoms with van der Waals surface area (Å²) in [4.78, 5) is 0. The lowest BCUT2D eigenvalue weighted by Crippen LogP contribution is -2.18. The van der Waals surface area contributed by atoms with Crippen molar-refractivity contribution < 1.29 is 0 Å². The van der Waals surface area contributed by atoms with E-state index in [1.54, 1.807) is 0 Å². The van der Waals surface area contributed by atoms with Crippen molar-refractivity contribution in [1.82, 2.24) is 5.32 Å². The number of nitrogens with zero attached hydrogens (tertiary/aromatic N) is 1. The summed E-state index contributed by atoms with van der Waals surface area (Å²) >= 11 is 0. The fraction of sp³-hybridized carbons (Fsp3) is 0.800. The summed E-state index contributed by atoms with van der Waals surface area (Å²) in [5.41, 5.74) is 0. The number of allylic oxidation sites excluding steroid dienone is 1. The molecule has 11 heavy (non-hydrogen) atoms. The zero-order chi connectivity index (χ0) is 7.52. The average Bonchev–Trinajstić information content (AvgIpc) is 2.58. The van der Waals surface area contributed by atoms with Crippen molar-refractivity contribution in [3.8, 4) is 0 Å². The minimum Gasteiger partial charge on any atom is -0.293 e. The van der Waals surface area contributed by atoms with Gasteiger partial charge in [-0.25, -0.2) is 0 Å². The minimum atomic E-state index is 0.870. The maximum atomic E-state index is 4.22. The number of hydrogen-bond donors (Lipinski definition) is 0. The molecule has 1 radical (unpaired) electrons. The van der Waals surface area contributed by atoms with Crippen molar-refractivity contribution in [2.75, 3.05) is 6.54 Å². The molecule has 2 rings (SSSR count). The van der Waals surface area contributed by atoms with Crippen LogP contribution in [0.5, 0.6) is 0 Å². The van der Waals surface area contributed by atoms with E-state index in [0.29, 0.717) is 0 Å². The Morgan fingerprint density at radius 1 is 1.09 bits per heavy atom. The van der Waals surface area contributed by atoms with Crippen LogP contribution in [0.3, 0.4) is 0 Å². The van der Waals surface area contributed by atoms with Gasteiger partial charge in [0.2, 0.25) is 0 Å². The van der Waals surface area contributed by atoms with Gasteiger partial charge in [0.1, 0.15) is 0 Å². The molecule has 0 saturated heterocycles. The topological polar surface area (TPSA) is 14.1 Å². The third kappa shape index (κ3) is 1.58. The first-order valence-corrected chi connectivity index (χ1v) is 4.80. The molecular weight excluding hydrogens is 134 g/mol. The first-order chi connectivity index (χ1) is 5.47. The van der Waals surface area contributed by atoms with E-state index in [1.807, 2.05) is 6.20 Å². The van der Waals surface area contributed by atoms with Gasteiger partial charge < -0.3 is 0 Å². The molecule has 0 aromatic rings. The summed E-state index contributed by atoms with van der Waals surface area (Å²) in [6.45, 7) is 1.07. The molecule has 1 aliphatic carbocycles. The Balaban J connectivity index is 1.91. The van der Waals surface area contributed by atoms with Gasteiger partial charge in [-0.05, 0) is 31.1 Å². The zero-order valence-electron chi connectivity index (χ0n) is 7.00. The predicted molar refractivity (Wildman–Crippen MR) is 46.2 cm³/mol. The van der Waals surface area contributed by atoms with Crippen LogP contribution < -0.4 is 5.32 Å². The third-order valence-corrected chi connectivity index (χ3v) is 3.04. The molecule has 1 saturated carbocycles. The van der Waals surface area contributed by atoms with E-state index in [2.05, 4.69) is 11.4 Å². The van der Waals surface area contributed by atoms with Crippen LogP contribution in [0.2, 0.25) is 0 Å². The first kappa shape index (κ1) is 7.20. The molecule has 2 aliphatic rings. The molecule has 61 valence electrons. The zero-order valence-corrected chi connectivity index (χ0v) is 7.00. The van der Waals surface area contributed by atoms with E-state index in [0.717, 1.165) is 18.4 Å². The Morgan fingerprint density at radius 3 is 2.55 bits per heavy atom. The van der Waals surface area contributed by atoms with Crippen LogP contribution in [0.1, 0.15) is 32.1 Å². The second kappa shape index (κ2) is 3.29. The molecule has 1 atom stereocenters. The van der Waals surface area contributed by atoms with Crippen LogP contribution in [0.15, 0.2) is 12.3 Å². The van der Waals surface area contributed by atoms with Crippen molar-refractivity contribution in [3.63, 3.8) is 0 Å². The van der Waals surface area contributed by atoms with Crippen LogP contribution in [0, 0.1) is 11.8 Å². The summed E-state index contributed by atoms with van der Waals surface area (Å²) in [6.07, 6.45) is 11.5. The van der Waals surface area contributed by atoms with Gasteiger partial charge in [0.15, 0.2) is 0 Å². The number of rotatable bonds is 1. The Morgan fingerprint density at radius 2 is 1.91 bits per heavy atom. The molecule has 1 fully saturated rings. The Hall–Kier alpha value is -0.460. The standard InChI is InChI=1S/C10H16N/c1-2-4-9(3-1)10-5-7-11-8-6-10/h5,7,9-10H,1-4,6,8H2. The van der Waals surface area contributed by atoms with Crippen molar-refractivity contribution in [2.45, 2.75) is 32.1 Å². The quantitative estimate of drug-likeness (QED) is 0.544. The highest BCUT2D eigenvalue weighted by Gasteiger charge is 2.23. The maximum absolute atomic E-state index is 4.22. The molecule has 0 bridgehead atoms. The second-order valence-electron chi connectivity index (χ2n) is 3.74. The van der Waals surface area contributed by atoms with Crippen molar-refractivity contribution in [2.24, 2.45) is 11.8 Å². The Kier molecular flexibility index (Phi) is 2.16. The van der Waals surface area contributed by atoms with Gasteiger partial charge in [0.25, 0.3) is 0 Å². The first-order valence-electron chi connectivity index (χ1n) is 4.80. The fourth-order valence-electron chi connectivity index (χ4n) is 2.34. The minimum absolute atomic E-state index is 0.870. The normalized spacial score (nSPS) is 32.2. The molecule has 0 spiro atoms. The van der Waals surface area contributed by atoms with Gasteiger partial charge in [0, 0.05) is 12.7 Å². The highest BCUT2D eigenvalue weighted by molar-refractivity contribution is 4.95. The van der Waals surface area contributed by atoms with Crippen LogP contribution >= 0.6 is 0 Å². The van der Waals surface area contributed by atoms with Gasteiger partial charge in [-0.15, -0.1) is 0 Å². The molecule has 0 N–H and O–H groups in total. The van der Waals surface area contributed by atoms with E-state index in [9.17, 15) is 0 Å². The molecule has 1 aliphatic heterocycles. The van der Waals surface area contributed by atoms with Gasteiger partial charge in [-0.3, -0.25) is 5.32 Å². The molecule has 1 unspecified atom stereocenters. The average molecular weight is 150 g/mol. The summed E-state index contributed by atoms with van der Waals surface area (Å²) < 4.78 is 0. The highest BCUT2D eigenvalue weighted by Crippen LogP contribution is 2.34. The molecule has 1 heterocycles. The summed E-state index contributed by atoms with van der Waals surface area (Å²) in [5.74, 6) is 1.87. The van der Waals surface area contributed by atoms with Gasteiger partial charge in [0.05, 0.1) is 0 Å². The maximum Gasteiger partial charge on any atom is 0.0394 e. The van der Waals surface area contributed by atoms with Crippen molar-refractivity contribution in [1.29, 1.82) is 0 Å². The summed E-state index contributed by atoms with van der Waals surface area (Å²) in [6, 6.07) is 0.